The van der Waals surface area contributed by atoms with E-state index in [2.05, 4.69) is 15.6 Å². The number of sulfonamides is 1. The molecule has 3 aromatic carbocycles. The Balaban J connectivity index is 1.68. The van der Waals surface area contributed by atoms with E-state index in [-0.39, 0.29) is 21.2 Å². The highest BCUT2D eigenvalue weighted by molar-refractivity contribution is 7.92. The first-order valence-corrected chi connectivity index (χ1v) is 11.3. The Labute approximate surface area is 191 Å². The van der Waals surface area contributed by atoms with Crippen molar-refractivity contribution >= 4 is 44.8 Å². The lowest BCUT2D eigenvalue weighted by Gasteiger charge is -2.13. The number of carbonyl (C=O) groups excluding carboxylic acids is 2. The fourth-order valence-electron chi connectivity index (χ4n) is 2.72. The molecule has 8 nitrogen and oxygen atoms in total. The fourth-order valence-corrected chi connectivity index (χ4v) is 4.09. The summed E-state index contributed by atoms with van der Waals surface area (Å²) in [5.41, 5.74) is 6.16. The van der Waals surface area contributed by atoms with Crippen LogP contribution in [0.2, 0.25) is 5.02 Å². The topological polar surface area (TPSA) is 108 Å². The summed E-state index contributed by atoms with van der Waals surface area (Å²) < 4.78 is 27.7. The van der Waals surface area contributed by atoms with E-state index < -0.39 is 21.8 Å². The van der Waals surface area contributed by atoms with Gasteiger partial charge in [-0.3, -0.25) is 25.2 Å². The molecule has 0 atom stereocenters. The van der Waals surface area contributed by atoms with E-state index in [1.54, 1.807) is 42.5 Å². The van der Waals surface area contributed by atoms with Gasteiger partial charge >= 0.3 is 0 Å². The van der Waals surface area contributed by atoms with Crippen molar-refractivity contribution in [1.82, 2.24) is 10.9 Å². The lowest BCUT2D eigenvalue weighted by atomic mass is 10.2. The van der Waals surface area contributed by atoms with Crippen LogP contribution >= 0.6 is 11.6 Å². The van der Waals surface area contributed by atoms with Crippen molar-refractivity contribution < 1.29 is 18.0 Å². The van der Waals surface area contributed by atoms with E-state index in [1.807, 2.05) is 19.0 Å². The second kappa shape index (κ2) is 9.71. The SMILES string of the molecule is CN(C)c1ccc(C(=O)NNC(=O)c2cccc(S(=O)(=O)Nc3ccccc3Cl)c2)cc1. The number of para-hydroxylation sites is 1. The van der Waals surface area contributed by atoms with Crippen molar-refractivity contribution in [2.75, 3.05) is 23.7 Å². The van der Waals surface area contributed by atoms with Crippen LogP contribution < -0.4 is 20.5 Å². The van der Waals surface area contributed by atoms with Gasteiger partial charge in [0.25, 0.3) is 21.8 Å². The maximum atomic E-state index is 12.7. The van der Waals surface area contributed by atoms with Crippen molar-refractivity contribution in [2.24, 2.45) is 0 Å². The van der Waals surface area contributed by atoms with Gasteiger partial charge < -0.3 is 4.90 Å². The van der Waals surface area contributed by atoms with Crippen molar-refractivity contribution in [1.29, 1.82) is 0 Å². The Bertz CT molecular complexity index is 1240. The van der Waals surface area contributed by atoms with Gasteiger partial charge in [0, 0.05) is 30.9 Å². The van der Waals surface area contributed by atoms with E-state index >= 15 is 0 Å². The third-order valence-corrected chi connectivity index (χ3v) is 6.15. The molecule has 32 heavy (non-hydrogen) atoms. The summed E-state index contributed by atoms with van der Waals surface area (Å²) >= 11 is 6.01. The lowest BCUT2D eigenvalue weighted by Crippen LogP contribution is -2.41. The third-order valence-electron chi connectivity index (χ3n) is 4.46. The molecule has 0 saturated carbocycles. The smallest absolute Gasteiger partial charge is 0.269 e. The standard InChI is InChI=1S/C22H21ClN4O4S/c1-27(2)17-12-10-15(11-13-17)21(28)24-25-22(29)16-6-5-7-18(14-16)32(30,31)26-20-9-4-3-8-19(20)23/h3-14,26H,1-2H3,(H,24,28)(H,25,29). The van der Waals surface area contributed by atoms with E-state index in [4.69, 9.17) is 11.6 Å². The maximum absolute atomic E-state index is 12.7. The lowest BCUT2D eigenvalue weighted by molar-refractivity contribution is 0.0846. The molecular formula is C22H21ClN4O4S. The fraction of sp³-hybridized carbons (Fsp3) is 0.0909. The van der Waals surface area contributed by atoms with Crippen LogP contribution in [-0.2, 0) is 10.0 Å². The van der Waals surface area contributed by atoms with Gasteiger partial charge in [0.05, 0.1) is 15.6 Å². The normalized spacial score (nSPS) is 10.8. The zero-order chi connectivity index (χ0) is 23.3. The van der Waals surface area contributed by atoms with Crippen LogP contribution in [0.1, 0.15) is 20.7 Å². The van der Waals surface area contributed by atoms with Crippen molar-refractivity contribution in [3.63, 3.8) is 0 Å². The molecule has 0 heterocycles. The van der Waals surface area contributed by atoms with Gasteiger partial charge in [-0.1, -0.05) is 29.8 Å². The predicted molar refractivity (Wildman–Crippen MR) is 124 cm³/mol. The van der Waals surface area contributed by atoms with Crippen LogP contribution in [0.5, 0.6) is 0 Å². The largest absolute Gasteiger partial charge is 0.378 e. The molecule has 0 saturated heterocycles. The van der Waals surface area contributed by atoms with E-state index in [0.717, 1.165) is 5.69 Å². The Kier molecular flexibility index (Phi) is 7.01. The molecule has 0 aliphatic carbocycles. The molecule has 0 spiro atoms. The molecule has 0 aromatic heterocycles. The minimum atomic E-state index is -3.98. The number of amides is 2. The van der Waals surface area contributed by atoms with Crippen molar-refractivity contribution in [2.45, 2.75) is 4.90 Å². The number of hydrazine groups is 1. The molecule has 2 amide bonds. The molecule has 10 heteroatoms. The Morgan fingerprint density at radius 1 is 0.812 bits per heavy atom. The van der Waals surface area contributed by atoms with Gasteiger partial charge in [0.2, 0.25) is 0 Å². The maximum Gasteiger partial charge on any atom is 0.269 e. The van der Waals surface area contributed by atoms with Crippen molar-refractivity contribution in [3.05, 3.63) is 88.9 Å². The molecule has 0 aliphatic rings. The van der Waals surface area contributed by atoms with Gasteiger partial charge in [-0.05, 0) is 54.6 Å². The first kappa shape index (κ1) is 23.1. The second-order valence-corrected chi connectivity index (χ2v) is 9.05. The number of rotatable bonds is 6. The van der Waals surface area contributed by atoms with Gasteiger partial charge in [0.1, 0.15) is 0 Å². The highest BCUT2D eigenvalue weighted by atomic mass is 35.5. The van der Waals surface area contributed by atoms with E-state index in [1.165, 1.54) is 30.3 Å². The van der Waals surface area contributed by atoms with Crippen LogP contribution in [0, 0.1) is 0 Å². The molecule has 0 aliphatic heterocycles. The summed E-state index contributed by atoms with van der Waals surface area (Å²) in [7, 11) is -0.218. The first-order chi connectivity index (χ1) is 15.2. The number of benzene rings is 3. The summed E-state index contributed by atoms with van der Waals surface area (Å²) in [6, 6.07) is 18.6. The Morgan fingerprint density at radius 2 is 1.44 bits per heavy atom. The van der Waals surface area contributed by atoms with Gasteiger partial charge in [-0.2, -0.15) is 0 Å². The molecule has 0 radical (unpaired) electrons. The number of halogens is 1. The van der Waals surface area contributed by atoms with Crippen LogP contribution in [0.3, 0.4) is 0 Å². The second-order valence-electron chi connectivity index (χ2n) is 6.96. The number of carbonyl (C=O) groups is 2. The van der Waals surface area contributed by atoms with Crippen molar-refractivity contribution in [3.8, 4) is 0 Å². The van der Waals surface area contributed by atoms with E-state index in [9.17, 15) is 18.0 Å². The predicted octanol–water partition coefficient (Wildman–Crippen LogP) is 3.28. The zero-order valence-electron chi connectivity index (χ0n) is 17.3. The summed E-state index contributed by atoms with van der Waals surface area (Å²) in [4.78, 5) is 26.5. The van der Waals surface area contributed by atoms with Crippen LogP contribution in [0.25, 0.3) is 0 Å². The molecule has 0 fully saturated rings. The Morgan fingerprint density at radius 3 is 2.06 bits per heavy atom. The molecule has 3 aromatic rings. The summed E-state index contributed by atoms with van der Waals surface area (Å²) in [6.45, 7) is 0. The van der Waals surface area contributed by atoms with Crippen LogP contribution in [0.15, 0.2) is 77.7 Å². The average molecular weight is 473 g/mol. The Hall–Kier alpha value is -3.56. The number of hydrogen-bond acceptors (Lipinski definition) is 5. The average Bonchev–Trinajstić information content (AvgIpc) is 2.78. The van der Waals surface area contributed by atoms with Gasteiger partial charge in [-0.15, -0.1) is 0 Å². The van der Waals surface area contributed by atoms with E-state index in [0.29, 0.717) is 5.56 Å². The van der Waals surface area contributed by atoms with Crippen LogP contribution in [0.4, 0.5) is 11.4 Å². The first-order valence-electron chi connectivity index (χ1n) is 9.43. The molecule has 0 unspecified atom stereocenters. The monoisotopic (exact) mass is 472 g/mol. The third kappa shape index (κ3) is 5.57. The molecule has 3 N–H and O–H groups in total. The molecular weight excluding hydrogens is 452 g/mol. The highest BCUT2D eigenvalue weighted by Crippen LogP contribution is 2.24. The molecule has 0 bridgehead atoms. The number of nitrogens with one attached hydrogen (secondary N) is 3. The molecule has 166 valence electrons. The summed E-state index contributed by atoms with van der Waals surface area (Å²) in [5, 5.41) is 0.242. The van der Waals surface area contributed by atoms with Gasteiger partial charge in [-0.25, -0.2) is 8.42 Å². The van der Waals surface area contributed by atoms with Crippen LogP contribution in [-0.4, -0.2) is 34.3 Å². The quantitative estimate of drug-likeness (QED) is 0.477. The summed E-state index contributed by atoms with van der Waals surface area (Å²) in [5.74, 6) is -1.18. The summed E-state index contributed by atoms with van der Waals surface area (Å²) in [6.07, 6.45) is 0. The minimum Gasteiger partial charge on any atom is -0.378 e. The number of anilines is 2. The zero-order valence-corrected chi connectivity index (χ0v) is 18.9. The molecule has 3 rings (SSSR count). The number of hydrogen-bond donors (Lipinski definition) is 3. The highest BCUT2D eigenvalue weighted by Gasteiger charge is 2.18. The minimum absolute atomic E-state index is 0.0512. The van der Waals surface area contributed by atoms with Gasteiger partial charge in [0.15, 0.2) is 0 Å². The number of nitrogens with zero attached hydrogens (tertiary/aromatic N) is 1.